The average molecular weight is 539 g/mol. The summed E-state index contributed by atoms with van der Waals surface area (Å²) < 4.78 is 24.6. The number of hydrogen-bond acceptors (Lipinski definition) is 5. The zero-order valence-corrected chi connectivity index (χ0v) is 21.3. The predicted octanol–water partition coefficient (Wildman–Crippen LogP) is 5.49. The number of H-pyrrole nitrogens is 1. The smallest absolute Gasteiger partial charge is 0.340 e. The summed E-state index contributed by atoms with van der Waals surface area (Å²) in [6.07, 6.45) is 3.00. The van der Waals surface area contributed by atoms with E-state index in [1.165, 1.54) is 12.1 Å². The second-order valence-corrected chi connectivity index (χ2v) is 9.69. The maximum absolute atomic E-state index is 13.4. The third-order valence-corrected chi connectivity index (χ3v) is 7.21. The quantitative estimate of drug-likeness (QED) is 0.231. The molecule has 6 rings (SSSR count). The lowest BCUT2D eigenvalue weighted by molar-refractivity contribution is -0.141. The number of furan rings is 1. The number of aliphatic carboxylic acids is 1. The van der Waals surface area contributed by atoms with Crippen molar-refractivity contribution < 1.29 is 27.9 Å². The molecular weight excluding hydrogens is 515 g/mol. The molecule has 40 heavy (non-hydrogen) atoms. The highest BCUT2D eigenvalue weighted by molar-refractivity contribution is 6.02. The van der Waals surface area contributed by atoms with Crippen molar-refractivity contribution >= 4 is 44.7 Å². The summed E-state index contributed by atoms with van der Waals surface area (Å²) in [4.78, 5) is 41.0. The monoisotopic (exact) mass is 538 g/mol. The Morgan fingerprint density at radius 1 is 1.02 bits per heavy atom. The second-order valence-electron chi connectivity index (χ2n) is 9.69. The van der Waals surface area contributed by atoms with Crippen LogP contribution >= 0.6 is 0 Å². The number of nitrogens with one attached hydrogen (secondary N) is 2. The van der Waals surface area contributed by atoms with E-state index in [4.69, 9.17) is 8.83 Å². The zero-order valence-electron chi connectivity index (χ0n) is 21.3. The van der Waals surface area contributed by atoms with Gasteiger partial charge in [-0.05, 0) is 47.9 Å². The molecule has 0 spiro atoms. The van der Waals surface area contributed by atoms with Gasteiger partial charge in [-0.3, -0.25) is 4.79 Å². The summed E-state index contributed by atoms with van der Waals surface area (Å²) in [7, 11) is 0. The summed E-state index contributed by atoms with van der Waals surface area (Å²) >= 11 is 0. The van der Waals surface area contributed by atoms with Crippen molar-refractivity contribution in [2.24, 2.45) is 0 Å². The van der Waals surface area contributed by atoms with Gasteiger partial charge in [0.15, 0.2) is 0 Å². The number of carboxylic acids is 1. The van der Waals surface area contributed by atoms with Gasteiger partial charge >= 0.3 is 11.6 Å². The van der Waals surface area contributed by atoms with Crippen LogP contribution in [0.4, 0.5) is 4.39 Å². The van der Waals surface area contributed by atoms with Gasteiger partial charge in [0.05, 0.1) is 18.2 Å². The minimum absolute atomic E-state index is 0.0705. The Hall–Kier alpha value is -5.18. The summed E-state index contributed by atoms with van der Waals surface area (Å²) in [5.41, 5.74) is 3.88. The first-order valence-corrected chi connectivity index (χ1v) is 12.6. The van der Waals surface area contributed by atoms with Gasteiger partial charge in [-0.15, -0.1) is 0 Å². The Bertz CT molecular complexity index is 1980. The summed E-state index contributed by atoms with van der Waals surface area (Å²) in [6.45, 7) is 1.71. The number of halogens is 1. The van der Waals surface area contributed by atoms with Crippen molar-refractivity contribution in [3.8, 4) is 11.1 Å². The Morgan fingerprint density at radius 2 is 1.80 bits per heavy atom. The molecule has 9 heteroatoms. The topological polar surface area (TPSA) is 126 Å². The number of aromatic amines is 1. The number of fused-ring (bicyclic) bond motifs is 3. The van der Waals surface area contributed by atoms with Gasteiger partial charge < -0.3 is 24.2 Å². The molecule has 3 aromatic heterocycles. The molecule has 1 amide bonds. The van der Waals surface area contributed by atoms with Gasteiger partial charge in [0.25, 0.3) is 0 Å². The number of aryl methyl sites for hydroxylation is 1. The van der Waals surface area contributed by atoms with Gasteiger partial charge in [-0.1, -0.05) is 30.3 Å². The minimum atomic E-state index is -1.19. The Balaban J connectivity index is 1.30. The summed E-state index contributed by atoms with van der Waals surface area (Å²) in [5.74, 6) is -2.15. The summed E-state index contributed by atoms with van der Waals surface area (Å²) in [6, 6.07) is 15.7. The lowest BCUT2D eigenvalue weighted by Crippen LogP contribution is -2.43. The number of amides is 1. The Kier molecular flexibility index (Phi) is 6.18. The van der Waals surface area contributed by atoms with E-state index in [2.05, 4.69) is 10.3 Å². The van der Waals surface area contributed by atoms with E-state index in [9.17, 15) is 23.9 Å². The zero-order chi connectivity index (χ0) is 28.0. The van der Waals surface area contributed by atoms with E-state index >= 15 is 0 Å². The summed E-state index contributed by atoms with van der Waals surface area (Å²) in [5, 5.41) is 14.6. The number of carbonyl (C=O) groups is 2. The Morgan fingerprint density at radius 3 is 2.58 bits per heavy atom. The molecule has 6 aromatic rings. The Labute approximate surface area is 226 Å². The number of aromatic nitrogens is 1. The van der Waals surface area contributed by atoms with Gasteiger partial charge in [0.2, 0.25) is 5.91 Å². The third-order valence-electron chi connectivity index (χ3n) is 7.21. The van der Waals surface area contributed by atoms with Crippen LogP contribution < -0.4 is 10.9 Å². The van der Waals surface area contributed by atoms with Crippen molar-refractivity contribution in [1.29, 1.82) is 0 Å². The number of para-hydroxylation sites is 1. The van der Waals surface area contributed by atoms with Crippen LogP contribution in [-0.4, -0.2) is 28.0 Å². The van der Waals surface area contributed by atoms with E-state index in [-0.39, 0.29) is 24.2 Å². The van der Waals surface area contributed by atoms with Crippen LogP contribution in [0.3, 0.4) is 0 Å². The molecule has 0 unspecified atom stereocenters. The van der Waals surface area contributed by atoms with Crippen LogP contribution in [-0.2, 0) is 22.4 Å². The highest BCUT2D eigenvalue weighted by Crippen LogP contribution is 2.34. The first kappa shape index (κ1) is 25.1. The van der Waals surface area contributed by atoms with Gasteiger partial charge in [0.1, 0.15) is 23.0 Å². The first-order chi connectivity index (χ1) is 19.3. The van der Waals surface area contributed by atoms with Gasteiger partial charge in [-0.25, -0.2) is 14.0 Å². The maximum atomic E-state index is 13.4. The molecule has 0 fully saturated rings. The number of carboxylic acid groups (broad SMARTS) is 1. The number of carbonyl (C=O) groups excluding carboxylic acids is 1. The van der Waals surface area contributed by atoms with Crippen molar-refractivity contribution in [2.75, 3.05) is 0 Å². The fraction of sp³-hybridized carbons (Fsp3) is 0.129. The molecule has 1 atom stereocenters. The molecule has 200 valence electrons. The van der Waals surface area contributed by atoms with E-state index in [0.717, 1.165) is 33.0 Å². The minimum Gasteiger partial charge on any atom is -0.480 e. The number of hydrogen-bond donors (Lipinski definition) is 3. The van der Waals surface area contributed by atoms with Crippen molar-refractivity contribution in [3.63, 3.8) is 0 Å². The molecule has 8 nitrogen and oxygen atoms in total. The molecule has 3 N–H and O–H groups in total. The van der Waals surface area contributed by atoms with Crippen LogP contribution in [0, 0.1) is 12.7 Å². The van der Waals surface area contributed by atoms with Crippen molar-refractivity contribution in [2.45, 2.75) is 25.8 Å². The fourth-order valence-electron chi connectivity index (χ4n) is 5.09. The number of benzene rings is 3. The van der Waals surface area contributed by atoms with Gasteiger partial charge in [0, 0.05) is 45.9 Å². The molecule has 3 aromatic carbocycles. The lowest BCUT2D eigenvalue weighted by atomic mass is 9.99. The SMILES string of the molecule is Cc1c(CC(=O)N[C@H](Cc2c[nH]c3ccccc23)C(=O)O)c(=O)oc2cc3occ(-c4ccc(F)cc4)c3cc12. The van der Waals surface area contributed by atoms with E-state index in [1.807, 2.05) is 30.3 Å². The lowest BCUT2D eigenvalue weighted by Gasteiger charge is -2.15. The molecule has 0 saturated carbocycles. The maximum Gasteiger partial charge on any atom is 0.340 e. The predicted molar refractivity (Wildman–Crippen MR) is 148 cm³/mol. The molecule has 0 bridgehead atoms. The third kappa shape index (κ3) is 4.51. The molecular formula is C31H23FN2O6. The van der Waals surface area contributed by atoms with Crippen molar-refractivity contribution in [3.05, 3.63) is 106 Å². The first-order valence-electron chi connectivity index (χ1n) is 12.6. The molecule has 0 aliphatic rings. The second kappa shape index (κ2) is 9.85. The van der Waals surface area contributed by atoms with E-state index < -0.39 is 23.5 Å². The van der Waals surface area contributed by atoms with Crippen LogP contribution in [0.2, 0.25) is 0 Å². The highest BCUT2D eigenvalue weighted by atomic mass is 19.1. The van der Waals surface area contributed by atoms with E-state index in [1.54, 1.807) is 37.6 Å². The van der Waals surface area contributed by atoms with Crippen LogP contribution in [0.25, 0.3) is 44.0 Å². The van der Waals surface area contributed by atoms with Crippen molar-refractivity contribution in [1.82, 2.24) is 10.3 Å². The molecule has 0 aliphatic carbocycles. The molecule has 0 radical (unpaired) electrons. The number of rotatable bonds is 7. The highest BCUT2D eigenvalue weighted by Gasteiger charge is 2.24. The normalized spacial score (nSPS) is 12.2. The average Bonchev–Trinajstić information content (AvgIpc) is 3.54. The van der Waals surface area contributed by atoms with Crippen LogP contribution in [0.1, 0.15) is 16.7 Å². The standard InChI is InChI=1S/C31H23FN2O6/c1-16-21-11-23-24(17-6-8-19(32)9-7-17)15-39-27(23)13-28(21)40-31(38)22(16)12-29(35)34-26(30(36)37)10-18-14-33-25-5-3-2-4-20(18)25/h2-9,11,13-15,26,33H,10,12H2,1H3,(H,34,35)(H,36,37)/t26-/m1/s1. The van der Waals surface area contributed by atoms with Crippen LogP contribution in [0.15, 0.2) is 86.8 Å². The fourth-order valence-corrected chi connectivity index (χ4v) is 5.09. The molecule has 0 aliphatic heterocycles. The van der Waals surface area contributed by atoms with Crippen LogP contribution in [0.5, 0.6) is 0 Å². The molecule has 0 saturated heterocycles. The van der Waals surface area contributed by atoms with Gasteiger partial charge in [-0.2, -0.15) is 0 Å². The molecule has 3 heterocycles. The van der Waals surface area contributed by atoms with E-state index in [0.29, 0.717) is 22.1 Å². The largest absolute Gasteiger partial charge is 0.480 e.